The molecule has 1 aliphatic carbocycles. The molecule has 2 atom stereocenters. The van der Waals surface area contributed by atoms with Crippen LogP contribution in [0, 0.1) is 17.8 Å². The highest BCUT2D eigenvalue weighted by Gasteiger charge is 2.37. The SMILES string of the molecule is C=C(C)C#CC(O[Si](C)(C)C1CCCCC1)C(C)CCC. The molecule has 0 bridgehead atoms. The van der Waals surface area contributed by atoms with Gasteiger partial charge in [-0.05, 0) is 43.5 Å². The molecule has 1 fully saturated rings. The van der Waals surface area contributed by atoms with Gasteiger partial charge in [-0.2, -0.15) is 0 Å². The molecule has 0 radical (unpaired) electrons. The van der Waals surface area contributed by atoms with E-state index in [1.807, 2.05) is 6.92 Å². The van der Waals surface area contributed by atoms with Crippen LogP contribution in [0.25, 0.3) is 0 Å². The number of allylic oxidation sites excluding steroid dienone is 1. The summed E-state index contributed by atoms with van der Waals surface area (Å²) in [4.78, 5) is 0. The van der Waals surface area contributed by atoms with Gasteiger partial charge in [-0.1, -0.05) is 70.8 Å². The zero-order valence-corrected chi connectivity index (χ0v) is 15.8. The second-order valence-electron chi connectivity index (χ2n) is 7.29. The molecule has 0 aromatic carbocycles. The molecule has 0 aliphatic heterocycles. The molecule has 1 rings (SSSR count). The summed E-state index contributed by atoms with van der Waals surface area (Å²) < 4.78 is 6.67. The topological polar surface area (TPSA) is 9.23 Å². The minimum absolute atomic E-state index is 0.0882. The van der Waals surface area contributed by atoms with Gasteiger partial charge in [-0.3, -0.25) is 0 Å². The van der Waals surface area contributed by atoms with E-state index >= 15 is 0 Å². The van der Waals surface area contributed by atoms with Crippen LogP contribution in [0.5, 0.6) is 0 Å². The average molecular weight is 307 g/mol. The highest BCUT2D eigenvalue weighted by molar-refractivity contribution is 6.72. The molecule has 1 nitrogen and oxygen atoms in total. The molecule has 0 aromatic heterocycles. The van der Waals surface area contributed by atoms with Crippen molar-refractivity contribution in [3.63, 3.8) is 0 Å². The molecule has 21 heavy (non-hydrogen) atoms. The number of rotatable bonds is 6. The van der Waals surface area contributed by atoms with Crippen molar-refractivity contribution < 1.29 is 4.43 Å². The summed E-state index contributed by atoms with van der Waals surface area (Å²) in [5, 5.41) is 0. The maximum atomic E-state index is 6.67. The van der Waals surface area contributed by atoms with Gasteiger partial charge in [0.25, 0.3) is 0 Å². The van der Waals surface area contributed by atoms with Crippen molar-refractivity contribution >= 4 is 8.32 Å². The molecule has 0 saturated heterocycles. The molecule has 1 aliphatic rings. The van der Waals surface area contributed by atoms with Gasteiger partial charge in [0.15, 0.2) is 8.32 Å². The number of hydrogen-bond acceptors (Lipinski definition) is 1. The first-order valence-corrected chi connectivity index (χ1v) is 11.7. The van der Waals surface area contributed by atoms with Crippen molar-refractivity contribution in [2.24, 2.45) is 5.92 Å². The molecule has 0 heterocycles. The summed E-state index contributed by atoms with van der Waals surface area (Å²) in [6.45, 7) is 15.2. The Bertz CT molecular complexity index is 382. The van der Waals surface area contributed by atoms with Crippen LogP contribution in [-0.4, -0.2) is 14.4 Å². The van der Waals surface area contributed by atoms with E-state index in [9.17, 15) is 0 Å². The normalized spacial score (nSPS) is 19.5. The molecule has 0 N–H and O–H groups in total. The summed E-state index contributed by atoms with van der Waals surface area (Å²) in [7, 11) is -1.66. The van der Waals surface area contributed by atoms with Crippen LogP contribution >= 0.6 is 0 Å². The van der Waals surface area contributed by atoms with Gasteiger partial charge in [0.1, 0.15) is 6.10 Å². The standard InChI is InChI=1S/C19H34OSi/c1-7-11-17(4)19(15-14-16(2)3)20-21(5,6)18-12-9-8-10-13-18/h17-19H,2,7-13H2,1,3-6H3. The lowest BCUT2D eigenvalue weighted by Crippen LogP contribution is -2.42. The van der Waals surface area contributed by atoms with E-state index in [0.717, 1.165) is 11.1 Å². The van der Waals surface area contributed by atoms with Crippen molar-refractivity contribution in [2.75, 3.05) is 0 Å². The Balaban J connectivity index is 2.78. The Labute approximate surface area is 133 Å². The Morgan fingerprint density at radius 1 is 1.29 bits per heavy atom. The maximum Gasteiger partial charge on any atom is 0.191 e. The minimum Gasteiger partial charge on any atom is -0.403 e. The Kier molecular flexibility index (Phi) is 7.77. The Morgan fingerprint density at radius 3 is 2.43 bits per heavy atom. The third-order valence-corrected chi connectivity index (χ3v) is 8.11. The summed E-state index contributed by atoms with van der Waals surface area (Å²) in [6.07, 6.45) is 9.38. The first-order valence-electron chi connectivity index (χ1n) is 8.71. The highest BCUT2D eigenvalue weighted by atomic mass is 28.4. The molecule has 1 saturated carbocycles. The van der Waals surface area contributed by atoms with Crippen molar-refractivity contribution in [3.8, 4) is 11.8 Å². The van der Waals surface area contributed by atoms with E-state index in [1.165, 1.54) is 44.9 Å². The molecular weight excluding hydrogens is 272 g/mol. The van der Waals surface area contributed by atoms with Gasteiger partial charge in [-0.25, -0.2) is 0 Å². The fourth-order valence-electron chi connectivity index (χ4n) is 3.31. The molecule has 120 valence electrons. The summed E-state index contributed by atoms with van der Waals surface area (Å²) in [5.41, 5.74) is 1.75. The largest absolute Gasteiger partial charge is 0.403 e. The van der Waals surface area contributed by atoms with Gasteiger partial charge >= 0.3 is 0 Å². The first kappa shape index (κ1) is 18.5. The first-order chi connectivity index (χ1) is 9.86. The van der Waals surface area contributed by atoms with E-state index in [1.54, 1.807) is 0 Å². The highest BCUT2D eigenvalue weighted by Crippen LogP contribution is 2.38. The van der Waals surface area contributed by atoms with Crippen LogP contribution in [0.15, 0.2) is 12.2 Å². The van der Waals surface area contributed by atoms with E-state index in [2.05, 4.69) is 45.4 Å². The molecule has 2 unspecified atom stereocenters. The molecule has 0 amide bonds. The summed E-state index contributed by atoms with van der Waals surface area (Å²) in [5.74, 6) is 7.04. The van der Waals surface area contributed by atoms with E-state index < -0.39 is 8.32 Å². The molecular formula is C19H34OSi. The van der Waals surface area contributed by atoms with Gasteiger partial charge in [0.2, 0.25) is 0 Å². The molecule has 0 spiro atoms. The van der Waals surface area contributed by atoms with Crippen molar-refractivity contribution in [1.82, 2.24) is 0 Å². The van der Waals surface area contributed by atoms with Gasteiger partial charge in [0.05, 0.1) is 0 Å². The van der Waals surface area contributed by atoms with E-state index in [4.69, 9.17) is 4.43 Å². The van der Waals surface area contributed by atoms with E-state index in [0.29, 0.717) is 5.92 Å². The summed E-state index contributed by atoms with van der Waals surface area (Å²) >= 11 is 0. The Morgan fingerprint density at radius 2 is 1.90 bits per heavy atom. The maximum absolute atomic E-state index is 6.67. The van der Waals surface area contributed by atoms with Crippen molar-refractivity contribution in [2.45, 2.75) is 90.5 Å². The third-order valence-electron chi connectivity index (χ3n) is 4.71. The van der Waals surface area contributed by atoms with Crippen LogP contribution < -0.4 is 0 Å². The zero-order valence-electron chi connectivity index (χ0n) is 14.8. The average Bonchev–Trinajstić information content (AvgIpc) is 2.44. The van der Waals surface area contributed by atoms with Crippen molar-refractivity contribution in [1.29, 1.82) is 0 Å². The molecule has 0 aromatic rings. The lowest BCUT2D eigenvalue weighted by Gasteiger charge is -2.38. The fraction of sp³-hybridized carbons (Fsp3) is 0.789. The van der Waals surface area contributed by atoms with Crippen LogP contribution in [0.1, 0.15) is 65.7 Å². The van der Waals surface area contributed by atoms with Crippen LogP contribution in [0.3, 0.4) is 0 Å². The third kappa shape index (κ3) is 6.40. The van der Waals surface area contributed by atoms with Crippen LogP contribution in [0.2, 0.25) is 18.6 Å². The second kappa shape index (κ2) is 8.81. The van der Waals surface area contributed by atoms with Crippen molar-refractivity contribution in [3.05, 3.63) is 12.2 Å². The molecule has 2 heteroatoms. The lowest BCUT2D eigenvalue weighted by molar-refractivity contribution is 0.172. The van der Waals surface area contributed by atoms with Gasteiger partial charge in [-0.15, -0.1) is 0 Å². The lowest BCUT2D eigenvalue weighted by atomic mass is 10.00. The Hall–Kier alpha value is -0.523. The number of hydrogen-bond donors (Lipinski definition) is 0. The summed E-state index contributed by atoms with van der Waals surface area (Å²) in [6, 6.07) is 0. The van der Waals surface area contributed by atoms with Gasteiger partial charge < -0.3 is 4.43 Å². The van der Waals surface area contributed by atoms with Gasteiger partial charge in [0, 0.05) is 0 Å². The van der Waals surface area contributed by atoms with Crippen LogP contribution in [-0.2, 0) is 4.43 Å². The predicted octanol–water partition coefficient (Wildman–Crippen LogP) is 5.93. The predicted molar refractivity (Wildman–Crippen MR) is 95.9 cm³/mol. The minimum atomic E-state index is -1.66. The smallest absolute Gasteiger partial charge is 0.191 e. The van der Waals surface area contributed by atoms with Crippen LogP contribution in [0.4, 0.5) is 0 Å². The zero-order chi connectivity index (χ0) is 15.9. The fourth-order valence-corrected chi connectivity index (χ4v) is 6.25. The van der Waals surface area contributed by atoms with E-state index in [-0.39, 0.29) is 6.10 Å². The quantitative estimate of drug-likeness (QED) is 0.437. The second-order valence-corrected chi connectivity index (χ2v) is 11.6. The monoisotopic (exact) mass is 306 g/mol.